The molecule has 0 saturated heterocycles. The molecule has 0 fully saturated rings. The first-order valence-corrected chi connectivity index (χ1v) is 10.5. The molecular weight excluding hydrogens is 428 g/mol. The zero-order valence-corrected chi connectivity index (χ0v) is 17.1. The highest BCUT2D eigenvalue weighted by atomic mass is 32.2. The molecule has 2 heterocycles. The SMILES string of the molecule is CSc1ccc([C@@H]2NC(=O)N(CC(=O)Nc3ccc(F)cc3F)C3=C2C(=O)OC3)cc1. The second-order valence-corrected chi connectivity index (χ2v) is 7.73. The van der Waals surface area contributed by atoms with E-state index in [1.54, 1.807) is 11.8 Å². The van der Waals surface area contributed by atoms with Crippen LogP contribution in [-0.2, 0) is 14.3 Å². The van der Waals surface area contributed by atoms with Gasteiger partial charge in [-0.2, -0.15) is 0 Å². The summed E-state index contributed by atoms with van der Waals surface area (Å²) >= 11 is 1.56. The van der Waals surface area contributed by atoms with Crippen LogP contribution in [0, 0.1) is 11.6 Å². The Balaban J connectivity index is 1.58. The molecule has 3 amide bonds. The number of rotatable bonds is 5. The molecular formula is C21H17F2N3O4S. The number of nitrogens with zero attached hydrogens (tertiary/aromatic N) is 1. The fraction of sp³-hybridized carbons (Fsp3) is 0.190. The Kier molecular flexibility index (Phi) is 5.64. The van der Waals surface area contributed by atoms with Crippen molar-refractivity contribution in [1.82, 2.24) is 10.2 Å². The second kappa shape index (κ2) is 8.38. The molecule has 0 aromatic heterocycles. The third-order valence-corrected chi connectivity index (χ3v) is 5.70. The first kappa shape index (κ1) is 20.9. The smallest absolute Gasteiger partial charge is 0.338 e. The number of cyclic esters (lactones) is 1. The molecule has 0 saturated carbocycles. The van der Waals surface area contributed by atoms with Gasteiger partial charge in [-0.1, -0.05) is 12.1 Å². The Morgan fingerprint density at radius 2 is 1.97 bits per heavy atom. The van der Waals surface area contributed by atoms with Crippen LogP contribution in [0.5, 0.6) is 0 Å². The van der Waals surface area contributed by atoms with Gasteiger partial charge in [0, 0.05) is 11.0 Å². The first-order chi connectivity index (χ1) is 14.9. The molecule has 2 aromatic rings. The summed E-state index contributed by atoms with van der Waals surface area (Å²) in [5.41, 5.74) is 1.01. The van der Waals surface area contributed by atoms with Crippen molar-refractivity contribution in [2.75, 3.05) is 24.7 Å². The summed E-state index contributed by atoms with van der Waals surface area (Å²) in [5, 5.41) is 5.03. The molecule has 0 bridgehead atoms. The topological polar surface area (TPSA) is 87.7 Å². The molecule has 0 spiro atoms. The lowest BCUT2D eigenvalue weighted by Gasteiger charge is -2.32. The average molecular weight is 445 g/mol. The number of amides is 3. The van der Waals surface area contributed by atoms with E-state index < -0.39 is 42.1 Å². The van der Waals surface area contributed by atoms with Gasteiger partial charge >= 0.3 is 12.0 Å². The van der Waals surface area contributed by atoms with E-state index in [1.807, 2.05) is 30.5 Å². The average Bonchev–Trinajstić information content (AvgIpc) is 3.13. The normalized spacial score (nSPS) is 17.9. The summed E-state index contributed by atoms with van der Waals surface area (Å²) in [6.07, 6.45) is 1.94. The molecule has 0 radical (unpaired) electrons. The molecule has 160 valence electrons. The van der Waals surface area contributed by atoms with Crippen molar-refractivity contribution in [1.29, 1.82) is 0 Å². The van der Waals surface area contributed by atoms with Gasteiger partial charge in [0.05, 0.1) is 23.0 Å². The number of halogens is 2. The molecule has 7 nitrogen and oxygen atoms in total. The van der Waals surface area contributed by atoms with Crippen molar-refractivity contribution in [3.63, 3.8) is 0 Å². The number of carbonyl (C=O) groups excluding carboxylic acids is 3. The van der Waals surface area contributed by atoms with E-state index >= 15 is 0 Å². The minimum Gasteiger partial charge on any atom is -0.456 e. The fourth-order valence-corrected chi connectivity index (χ4v) is 3.86. The van der Waals surface area contributed by atoms with Crippen molar-refractivity contribution in [3.05, 3.63) is 70.9 Å². The number of nitrogens with one attached hydrogen (secondary N) is 2. The van der Waals surface area contributed by atoms with Gasteiger partial charge in [0.25, 0.3) is 0 Å². The molecule has 2 aliphatic heterocycles. The maximum absolute atomic E-state index is 13.8. The highest BCUT2D eigenvalue weighted by Crippen LogP contribution is 2.35. The van der Waals surface area contributed by atoms with Gasteiger partial charge in [-0.3, -0.25) is 9.69 Å². The molecule has 10 heteroatoms. The van der Waals surface area contributed by atoms with Crippen LogP contribution in [0.2, 0.25) is 0 Å². The summed E-state index contributed by atoms with van der Waals surface area (Å²) in [5.74, 6) is -3.01. The third-order valence-electron chi connectivity index (χ3n) is 4.95. The lowest BCUT2D eigenvalue weighted by atomic mass is 9.96. The summed E-state index contributed by atoms with van der Waals surface area (Å²) in [7, 11) is 0. The molecule has 2 N–H and O–H groups in total. The quantitative estimate of drug-likeness (QED) is 0.545. The fourth-order valence-electron chi connectivity index (χ4n) is 3.45. The minimum atomic E-state index is -0.940. The van der Waals surface area contributed by atoms with Crippen molar-refractivity contribution in [2.24, 2.45) is 0 Å². The van der Waals surface area contributed by atoms with Gasteiger partial charge in [-0.25, -0.2) is 18.4 Å². The zero-order valence-electron chi connectivity index (χ0n) is 16.3. The van der Waals surface area contributed by atoms with Gasteiger partial charge in [-0.15, -0.1) is 11.8 Å². The number of benzene rings is 2. The van der Waals surface area contributed by atoms with Crippen molar-refractivity contribution in [2.45, 2.75) is 10.9 Å². The van der Waals surface area contributed by atoms with Gasteiger partial charge in [0.2, 0.25) is 5.91 Å². The van der Waals surface area contributed by atoms with Gasteiger partial charge in [-0.05, 0) is 36.1 Å². The van der Waals surface area contributed by atoms with E-state index in [1.165, 1.54) is 0 Å². The number of hydrogen-bond donors (Lipinski definition) is 2. The number of anilines is 1. The Labute approximate surface area is 180 Å². The number of carbonyl (C=O) groups is 3. The highest BCUT2D eigenvalue weighted by molar-refractivity contribution is 7.98. The molecule has 2 aromatic carbocycles. The number of hydrogen-bond acceptors (Lipinski definition) is 5. The first-order valence-electron chi connectivity index (χ1n) is 9.24. The Morgan fingerprint density at radius 3 is 2.65 bits per heavy atom. The van der Waals surface area contributed by atoms with E-state index in [2.05, 4.69) is 10.6 Å². The third kappa shape index (κ3) is 4.11. The summed E-state index contributed by atoms with van der Waals surface area (Å²) in [6.45, 7) is -0.630. The minimum absolute atomic E-state index is 0.154. The maximum Gasteiger partial charge on any atom is 0.338 e. The van der Waals surface area contributed by atoms with Crippen LogP contribution in [0.3, 0.4) is 0 Å². The number of urea groups is 1. The van der Waals surface area contributed by atoms with Crippen LogP contribution in [-0.4, -0.2) is 42.2 Å². The monoisotopic (exact) mass is 445 g/mol. The Morgan fingerprint density at radius 1 is 1.23 bits per heavy atom. The van der Waals surface area contributed by atoms with E-state index in [-0.39, 0.29) is 23.6 Å². The zero-order chi connectivity index (χ0) is 22.1. The van der Waals surface area contributed by atoms with Gasteiger partial charge in [0.1, 0.15) is 24.8 Å². The maximum atomic E-state index is 13.8. The molecule has 2 aliphatic rings. The van der Waals surface area contributed by atoms with Crippen molar-refractivity contribution in [3.8, 4) is 0 Å². The largest absolute Gasteiger partial charge is 0.456 e. The number of esters is 1. The van der Waals surface area contributed by atoms with Gasteiger partial charge in [0.15, 0.2) is 0 Å². The van der Waals surface area contributed by atoms with E-state index in [0.717, 1.165) is 21.9 Å². The van der Waals surface area contributed by atoms with Crippen LogP contribution >= 0.6 is 11.8 Å². The predicted molar refractivity (Wildman–Crippen MR) is 109 cm³/mol. The lowest BCUT2D eigenvalue weighted by molar-refractivity contribution is -0.136. The van der Waals surface area contributed by atoms with Crippen LogP contribution in [0.1, 0.15) is 11.6 Å². The summed E-state index contributed by atoms with van der Waals surface area (Å²) in [4.78, 5) is 39.7. The number of ether oxygens (including phenoxy) is 1. The Hall–Kier alpha value is -3.40. The van der Waals surface area contributed by atoms with Crippen LogP contribution in [0.25, 0.3) is 0 Å². The summed E-state index contributed by atoms with van der Waals surface area (Å²) in [6, 6.07) is 8.81. The van der Waals surface area contributed by atoms with E-state index in [0.29, 0.717) is 11.6 Å². The number of thioether (sulfide) groups is 1. The molecule has 0 unspecified atom stereocenters. The highest BCUT2D eigenvalue weighted by Gasteiger charge is 2.42. The van der Waals surface area contributed by atoms with Crippen molar-refractivity contribution < 1.29 is 27.9 Å². The molecule has 0 aliphatic carbocycles. The van der Waals surface area contributed by atoms with E-state index in [4.69, 9.17) is 4.74 Å². The summed E-state index contributed by atoms with van der Waals surface area (Å²) < 4.78 is 32.0. The molecule has 1 atom stereocenters. The van der Waals surface area contributed by atoms with Crippen LogP contribution in [0.15, 0.2) is 58.6 Å². The lowest BCUT2D eigenvalue weighted by Crippen LogP contribution is -2.49. The predicted octanol–water partition coefficient (Wildman–Crippen LogP) is 3.20. The Bertz CT molecular complexity index is 1100. The van der Waals surface area contributed by atoms with Crippen LogP contribution in [0.4, 0.5) is 19.3 Å². The van der Waals surface area contributed by atoms with Crippen molar-refractivity contribution >= 4 is 35.4 Å². The molecule has 31 heavy (non-hydrogen) atoms. The second-order valence-electron chi connectivity index (χ2n) is 6.85. The van der Waals surface area contributed by atoms with Gasteiger partial charge < -0.3 is 15.4 Å². The standard InChI is InChI=1S/C21H17F2N3O4S/c1-31-13-5-2-11(3-6-13)19-18-16(10-30-20(18)28)26(21(29)25-19)9-17(27)24-15-7-4-12(22)8-14(15)23/h2-8,19H,9-10H2,1H3,(H,24,27)(H,25,29)/t19-/m0/s1. The van der Waals surface area contributed by atoms with Crippen LogP contribution < -0.4 is 10.6 Å². The molecule has 4 rings (SSSR count). The van der Waals surface area contributed by atoms with E-state index in [9.17, 15) is 23.2 Å².